The van der Waals surface area contributed by atoms with Gasteiger partial charge in [0.1, 0.15) is 29.6 Å². The van der Waals surface area contributed by atoms with E-state index in [1.54, 1.807) is 0 Å². The molecule has 1 atom stereocenters. The van der Waals surface area contributed by atoms with Crippen LogP contribution >= 0.6 is 0 Å². The van der Waals surface area contributed by atoms with Crippen LogP contribution in [0, 0.1) is 51.2 Å². The molecule has 0 radical (unpaired) electrons. The third kappa shape index (κ3) is 5.04. The maximum atomic E-state index is 12.9. The Morgan fingerprint density at radius 1 is 0.773 bits per heavy atom. The van der Waals surface area contributed by atoms with Gasteiger partial charge in [0.25, 0.3) is 0 Å². The molecule has 0 saturated carbocycles. The van der Waals surface area contributed by atoms with Gasteiger partial charge >= 0.3 is 12.7 Å². The minimum absolute atomic E-state index is 0.0192. The summed E-state index contributed by atoms with van der Waals surface area (Å²) >= 11 is 0. The number of hydrogen-bond donors (Lipinski definition) is 0. The highest BCUT2D eigenvalue weighted by molar-refractivity contribution is 6.07. The zero-order valence-electron chi connectivity index (χ0n) is 22.2. The van der Waals surface area contributed by atoms with Crippen LogP contribution in [0.25, 0.3) is 22.3 Å². The molecule has 2 aliphatic carbocycles. The van der Waals surface area contributed by atoms with Crippen LogP contribution in [-0.2, 0) is 11.8 Å². The number of alkyl halides is 6. The highest BCUT2D eigenvalue weighted by atomic mass is 19.4. The second-order valence-corrected chi connectivity index (χ2v) is 9.81. The van der Waals surface area contributed by atoms with Crippen molar-refractivity contribution in [3.8, 4) is 35.8 Å². The van der Waals surface area contributed by atoms with E-state index in [0.717, 1.165) is 24.3 Å². The van der Waals surface area contributed by atoms with Gasteiger partial charge < -0.3 is 9.47 Å². The Kier molecular flexibility index (Phi) is 7.03. The van der Waals surface area contributed by atoms with Gasteiger partial charge in [0.2, 0.25) is 0 Å². The number of rotatable bonds is 5. The van der Waals surface area contributed by atoms with E-state index in [-0.39, 0.29) is 51.2 Å². The Bertz CT molecular complexity index is 1920. The molecule has 0 N–H and O–H groups in total. The lowest BCUT2D eigenvalue weighted by molar-refractivity contribution is -0.275. The highest BCUT2D eigenvalue weighted by Crippen LogP contribution is 2.55. The van der Waals surface area contributed by atoms with Crippen LogP contribution in [0.5, 0.6) is 11.5 Å². The summed E-state index contributed by atoms with van der Waals surface area (Å²) in [5, 5.41) is 39.6. The first-order valence-corrected chi connectivity index (χ1v) is 12.4. The maximum Gasteiger partial charge on any atom is 0.573 e. The Labute approximate surface area is 244 Å². The Morgan fingerprint density at radius 3 is 1.84 bits per heavy atom. The molecular weight excluding hydrogens is 590 g/mol. The van der Waals surface area contributed by atoms with E-state index in [4.69, 9.17) is 0 Å². The minimum atomic E-state index is -5.01. The normalized spacial score (nSPS) is 17.4. The summed E-state index contributed by atoms with van der Waals surface area (Å²) in [6, 6.07) is 14.6. The maximum absolute atomic E-state index is 12.9. The Balaban J connectivity index is 1.60. The first-order chi connectivity index (χ1) is 20.7. The number of allylic oxidation sites excluding steroid dienone is 4. The van der Waals surface area contributed by atoms with Crippen molar-refractivity contribution in [2.45, 2.75) is 31.5 Å². The molecule has 0 saturated heterocycles. The van der Waals surface area contributed by atoms with Crippen LogP contribution in [0.2, 0.25) is 0 Å². The van der Waals surface area contributed by atoms with Crippen LogP contribution in [0.15, 0.2) is 48.8 Å². The van der Waals surface area contributed by atoms with Crippen molar-refractivity contribution in [2.24, 2.45) is 5.92 Å². The molecule has 0 fully saturated rings. The molecule has 5 rings (SSSR count). The molecule has 2 aliphatic rings. The highest BCUT2D eigenvalue weighted by Gasteiger charge is 2.49. The fourth-order valence-corrected chi connectivity index (χ4v) is 5.55. The van der Waals surface area contributed by atoms with Crippen molar-refractivity contribution in [3.05, 3.63) is 82.4 Å². The van der Waals surface area contributed by atoms with Crippen molar-refractivity contribution < 1.29 is 35.8 Å². The molecule has 0 bridgehead atoms. The van der Waals surface area contributed by atoms with E-state index < -0.39 is 35.6 Å². The van der Waals surface area contributed by atoms with Crippen molar-refractivity contribution in [3.63, 3.8) is 0 Å². The molecule has 0 aliphatic heterocycles. The summed E-state index contributed by atoms with van der Waals surface area (Å²) in [4.78, 5) is 8.77. The van der Waals surface area contributed by atoms with Gasteiger partial charge in [-0.15, -0.1) is 26.3 Å². The van der Waals surface area contributed by atoms with Crippen LogP contribution in [0.3, 0.4) is 0 Å². The fourth-order valence-electron chi connectivity index (χ4n) is 5.55. The molecule has 1 heterocycles. The molecule has 1 unspecified atom stereocenters. The predicted octanol–water partition coefficient (Wildman–Crippen LogP) is 6.63. The molecule has 2 aromatic carbocycles. The first-order valence-electron chi connectivity index (χ1n) is 12.4. The fraction of sp³-hybridized carbons (Fsp3) is 0.200. The molecule has 0 spiro atoms. The molecule has 14 heteroatoms. The van der Waals surface area contributed by atoms with Crippen molar-refractivity contribution in [1.29, 1.82) is 21.0 Å². The van der Waals surface area contributed by atoms with Crippen molar-refractivity contribution in [1.82, 2.24) is 9.97 Å². The number of fused-ring (bicyclic) bond motifs is 2. The lowest BCUT2D eigenvalue weighted by atomic mass is 9.69. The van der Waals surface area contributed by atoms with Gasteiger partial charge in [0.15, 0.2) is 0 Å². The van der Waals surface area contributed by atoms with Crippen LogP contribution in [0.4, 0.5) is 26.3 Å². The van der Waals surface area contributed by atoms with Gasteiger partial charge in [-0.2, -0.15) is 21.0 Å². The molecule has 0 amide bonds. The monoisotopic (exact) mass is 604 g/mol. The van der Waals surface area contributed by atoms with E-state index in [9.17, 15) is 47.4 Å². The molecule has 44 heavy (non-hydrogen) atoms. The third-order valence-electron chi connectivity index (χ3n) is 7.35. The Morgan fingerprint density at radius 2 is 1.32 bits per heavy atom. The van der Waals surface area contributed by atoms with Crippen LogP contribution < -0.4 is 9.47 Å². The van der Waals surface area contributed by atoms with Crippen LogP contribution in [-0.4, -0.2) is 22.7 Å². The largest absolute Gasteiger partial charge is 0.573 e. The summed E-state index contributed by atoms with van der Waals surface area (Å²) in [5.41, 5.74) is 0.0725. The van der Waals surface area contributed by atoms with E-state index in [1.165, 1.54) is 31.5 Å². The van der Waals surface area contributed by atoms with E-state index in [1.807, 2.05) is 24.3 Å². The predicted molar refractivity (Wildman–Crippen MR) is 139 cm³/mol. The van der Waals surface area contributed by atoms with Crippen LogP contribution in [0.1, 0.15) is 40.6 Å². The third-order valence-corrected chi connectivity index (χ3v) is 7.35. The van der Waals surface area contributed by atoms with Gasteiger partial charge in [-0.3, -0.25) is 9.97 Å². The second kappa shape index (κ2) is 10.4. The van der Waals surface area contributed by atoms with Crippen molar-refractivity contribution in [2.75, 3.05) is 0 Å². The first kappa shape index (κ1) is 29.6. The zero-order chi connectivity index (χ0) is 32.0. The van der Waals surface area contributed by atoms with E-state index in [2.05, 4.69) is 19.4 Å². The summed E-state index contributed by atoms with van der Waals surface area (Å²) in [5.74, 6) is -2.51. The summed E-state index contributed by atoms with van der Waals surface area (Å²) < 4.78 is 84.9. The molecular formula is C30H14F6N6O2. The summed E-state index contributed by atoms with van der Waals surface area (Å²) in [6.45, 7) is 1.49. The van der Waals surface area contributed by atoms with E-state index in [0.29, 0.717) is 11.1 Å². The quantitative estimate of drug-likeness (QED) is 0.296. The number of nitriles is 4. The summed E-state index contributed by atoms with van der Waals surface area (Å²) in [6.07, 6.45) is -7.31. The zero-order valence-corrected chi connectivity index (χ0v) is 22.2. The van der Waals surface area contributed by atoms with Gasteiger partial charge in [0.05, 0.1) is 52.5 Å². The SMILES string of the molecule is CC1(C(C#N)C#N)C(c2cnc(C3=C(C#N)c4cc(OC(F)(F)F)ccc4C3)cn2)=C(C#N)c2cc(OC(F)(F)F)ccc21. The number of hydrogen-bond acceptors (Lipinski definition) is 8. The molecule has 1 aromatic heterocycles. The minimum Gasteiger partial charge on any atom is -0.406 e. The van der Waals surface area contributed by atoms with E-state index >= 15 is 0 Å². The lowest BCUT2D eigenvalue weighted by Gasteiger charge is -2.30. The molecule has 218 valence electrons. The number of halogens is 6. The summed E-state index contributed by atoms with van der Waals surface area (Å²) in [7, 11) is 0. The van der Waals surface area contributed by atoms with Gasteiger partial charge in [0, 0.05) is 23.1 Å². The molecule has 8 nitrogen and oxygen atoms in total. The average molecular weight is 604 g/mol. The number of benzene rings is 2. The number of aromatic nitrogens is 2. The standard InChI is InChI=1S/C30H14F6N6O2/c1-28(16(9-37)10-38)24-5-4-18(44-30(34,35)36)8-20(24)23(12-40)27(28)26-14-41-25(13-42-26)21-6-15-2-3-17(43-29(31,32)33)7-19(15)22(21)11-39/h2-5,7-8,13-14,16H,6H2,1H3. The topological polar surface area (TPSA) is 139 Å². The van der Waals surface area contributed by atoms with Gasteiger partial charge in [-0.25, -0.2) is 0 Å². The molecule has 3 aromatic rings. The number of nitrogens with zero attached hydrogens (tertiary/aromatic N) is 6. The number of ether oxygens (including phenoxy) is 2. The lowest BCUT2D eigenvalue weighted by Crippen LogP contribution is -2.30. The van der Waals surface area contributed by atoms with Crippen molar-refractivity contribution >= 4 is 22.3 Å². The Hall–Kier alpha value is -5.86. The average Bonchev–Trinajstić information content (AvgIpc) is 3.44. The second-order valence-electron chi connectivity index (χ2n) is 9.81. The van der Waals surface area contributed by atoms with Gasteiger partial charge in [-0.05, 0) is 47.9 Å². The smallest absolute Gasteiger partial charge is 0.406 e. The van der Waals surface area contributed by atoms with Gasteiger partial charge in [-0.1, -0.05) is 12.1 Å².